The number of carbonyl (C=O) groups is 1. The van der Waals surface area contributed by atoms with Gasteiger partial charge in [-0.15, -0.1) is 0 Å². The van der Waals surface area contributed by atoms with Gasteiger partial charge in [-0.3, -0.25) is 20.5 Å². The Hall–Kier alpha value is -2.33. The number of nitrogens with one attached hydrogen (secondary N) is 3. The fourth-order valence-corrected chi connectivity index (χ4v) is 3.32. The highest BCUT2D eigenvalue weighted by Crippen LogP contribution is 2.26. The number of rotatable bonds is 8. The van der Waals surface area contributed by atoms with Crippen molar-refractivity contribution in [3.8, 4) is 5.75 Å². The third kappa shape index (κ3) is 7.70. The molecule has 0 unspecified atom stereocenters. The van der Waals surface area contributed by atoms with Crippen LogP contribution in [0.2, 0.25) is 5.02 Å². The molecule has 0 atom stereocenters. The zero-order valence-corrected chi connectivity index (χ0v) is 19.0. The van der Waals surface area contributed by atoms with Gasteiger partial charge in [0.25, 0.3) is 0 Å². The molecule has 1 aliphatic heterocycles. The molecule has 8 nitrogen and oxygen atoms in total. The Balaban J connectivity index is 1.34. The van der Waals surface area contributed by atoms with Crippen LogP contribution in [0.15, 0.2) is 34.7 Å². The fourth-order valence-electron chi connectivity index (χ4n) is 3.00. The topological polar surface area (TPSA) is 88.0 Å². The van der Waals surface area contributed by atoms with E-state index in [2.05, 4.69) is 21.1 Å². The lowest BCUT2D eigenvalue weighted by atomic mass is 10.2. The highest BCUT2D eigenvalue weighted by Gasteiger charge is 2.13. The maximum absolute atomic E-state index is 12.2. The van der Waals surface area contributed by atoms with E-state index < -0.39 is 5.91 Å². The van der Waals surface area contributed by atoms with Crippen molar-refractivity contribution in [1.29, 1.82) is 0 Å². The van der Waals surface area contributed by atoms with Crippen molar-refractivity contribution in [3.05, 3.63) is 52.4 Å². The number of hydrogen-bond acceptors (Lipinski definition) is 6. The third-order valence-corrected chi connectivity index (χ3v) is 5.23. The number of nitrogens with zero attached hydrogens (tertiary/aromatic N) is 1. The Labute approximate surface area is 192 Å². The zero-order chi connectivity index (χ0) is 22.1. The van der Waals surface area contributed by atoms with Gasteiger partial charge in [0.05, 0.1) is 18.2 Å². The van der Waals surface area contributed by atoms with Gasteiger partial charge in [-0.2, -0.15) is 0 Å². The Kier molecular flexibility index (Phi) is 8.96. The fraction of sp³-hybridized carbons (Fsp3) is 0.429. The minimum atomic E-state index is -0.433. The molecule has 2 aromatic rings. The molecule has 1 fully saturated rings. The first kappa shape index (κ1) is 23.3. The normalized spacial score (nSPS) is 14.1. The first-order valence-electron chi connectivity index (χ1n) is 10.1. The summed E-state index contributed by atoms with van der Waals surface area (Å²) in [6.07, 6.45) is 0.947. The summed E-state index contributed by atoms with van der Waals surface area (Å²) in [5.41, 5.74) is 6.23. The third-order valence-electron chi connectivity index (χ3n) is 4.67. The van der Waals surface area contributed by atoms with Crippen LogP contribution in [0, 0.1) is 6.92 Å². The molecule has 3 N–H and O–H groups in total. The average molecular weight is 467 g/mol. The van der Waals surface area contributed by atoms with Gasteiger partial charge in [0, 0.05) is 19.6 Å². The number of halogens is 1. The maximum atomic E-state index is 12.2. The molecule has 0 saturated carbocycles. The number of furan rings is 1. The molecule has 0 radical (unpaired) electrons. The molecule has 168 valence electrons. The number of hydrogen-bond donors (Lipinski definition) is 3. The highest BCUT2D eigenvalue weighted by atomic mass is 35.5. The lowest BCUT2D eigenvalue weighted by Crippen LogP contribution is -2.47. The summed E-state index contributed by atoms with van der Waals surface area (Å²) in [7, 11) is 0. The molecular formula is C21H27ClN4O4S. The predicted molar refractivity (Wildman–Crippen MR) is 122 cm³/mol. The molecular weight excluding hydrogens is 440 g/mol. The molecule has 1 aliphatic rings. The van der Waals surface area contributed by atoms with Gasteiger partial charge in [-0.25, -0.2) is 0 Å². The number of benzene rings is 1. The number of thiocarbonyl (C=S) groups is 1. The second kappa shape index (κ2) is 11.9. The van der Waals surface area contributed by atoms with Crippen molar-refractivity contribution < 1.29 is 18.7 Å². The van der Waals surface area contributed by atoms with Crippen LogP contribution in [0.5, 0.6) is 5.75 Å². The van der Waals surface area contributed by atoms with E-state index in [-0.39, 0.29) is 12.4 Å². The van der Waals surface area contributed by atoms with E-state index in [0.29, 0.717) is 28.2 Å². The van der Waals surface area contributed by atoms with Gasteiger partial charge in [-0.05, 0) is 61.9 Å². The van der Waals surface area contributed by atoms with Crippen LogP contribution in [0.3, 0.4) is 0 Å². The van der Waals surface area contributed by atoms with Crippen LogP contribution in [0.1, 0.15) is 28.3 Å². The molecule has 0 aliphatic carbocycles. The minimum absolute atomic E-state index is 0.150. The molecule has 3 rings (SSSR count). The van der Waals surface area contributed by atoms with Crippen LogP contribution >= 0.6 is 23.8 Å². The van der Waals surface area contributed by atoms with Crippen LogP contribution in [0.25, 0.3) is 0 Å². The summed E-state index contributed by atoms with van der Waals surface area (Å²) in [6.45, 7) is 7.32. The van der Waals surface area contributed by atoms with E-state index in [0.717, 1.165) is 44.8 Å². The van der Waals surface area contributed by atoms with Gasteiger partial charge >= 0.3 is 5.91 Å². The molecule has 2 heterocycles. The van der Waals surface area contributed by atoms with Gasteiger partial charge in [-0.1, -0.05) is 17.7 Å². The molecule has 1 aromatic carbocycles. The molecule has 1 saturated heterocycles. The van der Waals surface area contributed by atoms with Gasteiger partial charge in [0.1, 0.15) is 18.1 Å². The lowest BCUT2D eigenvalue weighted by Gasteiger charge is -2.26. The summed E-state index contributed by atoms with van der Waals surface area (Å²) in [4.78, 5) is 14.6. The monoisotopic (exact) mass is 466 g/mol. The number of carbonyl (C=O) groups excluding carboxylic acids is 1. The molecule has 31 heavy (non-hydrogen) atoms. The summed E-state index contributed by atoms with van der Waals surface area (Å²) in [5.74, 6) is 0.788. The van der Waals surface area contributed by atoms with Crippen LogP contribution < -0.4 is 20.9 Å². The van der Waals surface area contributed by atoms with Crippen LogP contribution in [-0.4, -0.2) is 55.3 Å². The summed E-state index contributed by atoms with van der Waals surface area (Å²) in [6, 6.07) is 8.78. The zero-order valence-electron chi connectivity index (χ0n) is 17.4. The van der Waals surface area contributed by atoms with Crippen molar-refractivity contribution in [3.63, 3.8) is 0 Å². The number of morpholine rings is 1. The number of amides is 1. The smallest absolute Gasteiger partial charge is 0.305 e. The van der Waals surface area contributed by atoms with Gasteiger partial charge in [0.15, 0.2) is 10.9 Å². The Morgan fingerprint density at radius 2 is 2.03 bits per heavy atom. The average Bonchev–Trinajstić information content (AvgIpc) is 3.25. The Bertz CT molecular complexity index is 886. The van der Waals surface area contributed by atoms with Crippen LogP contribution in [-0.2, 0) is 11.3 Å². The first-order chi connectivity index (χ1) is 15.0. The molecule has 1 amide bonds. The molecule has 10 heteroatoms. The van der Waals surface area contributed by atoms with Gasteiger partial charge < -0.3 is 19.2 Å². The standard InChI is InChI=1S/C21H27ClN4O4S/c1-15-3-5-17(22)19(13-15)29-14-16-4-6-18(30-16)20(27)24-25-21(31)23-7-2-8-26-9-11-28-12-10-26/h3-6,13H,2,7-12,14H2,1H3,(H,24,27)(H2,23,25,31). The van der Waals surface area contributed by atoms with E-state index in [4.69, 9.17) is 37.7 Å². The number of hydrazine groups is 1. The van der Waals surface area contributed by atoms with Crippen molar-refractivity contribution in [1.82, 2.24) is 21.1 Å². The predicted octanol–water partition coefficient (Wildman–Crippen LogP) is 2.65. The summed E-state index contributed by atoms with van der Waals surface area (Å²) >= 11 is 11.3. The van der Waals surface area contributed by atoms with Gasteiger partial charge in [0.2, 0.25) is 0 Å². The van der Waals surface area contributed by atoms with Crippen LogP contribution in [0.4, 0.5) is 0 Å². The Morgan fingerprint density at radius 1 is 1.23 bits per heavy atom. The maximum Gasteiger partial charge on any atom is 0.305 e. The van der Waals surface area contributed by atoms with Crippen molar-refractivity contribution in [2.75, 3.05) is 39.4 Å². The SMILES string of the molecule is Cc1ccc(Cl)c(OCc2ccc(C(=O)NNC(=S)NCCCN3CCOCC3)o2)c1. The number of aryl methyl sites for hydroxylation is 1. The van der Waals surface area contributed by atoms with E-state index in [9.17, 15) is 4.79 Å². The Morgan fingerprint density at radius 3 is 2.84 bits per heavy atom. The second-order valence-electron chi connectivity index (χ2n) is 7.13. The lowest BCUT2D eigenvalue weighted by molar-refractivity contribution is 0.0376. The summed E-state index contributed by atoms with van der Waals surface area (Å²) in [5, 5.41) is 3.93. The summed E-state index contributed by atoms with van der Waals surface area (Å²) < 4.78 is 16.5. The second-order valence-corrected chi connectivity index (χ2v) is 7.95. The van der Waals surface area contributed by atoms with Crippen molar-refractivity contribution >= 4 is 34.8 Å². The van der Waals surface area contributed by atoms with Crippen molar-refractivity contribution in [2.24, 2.45) is 0 Å². The quantitative estimate of drug-likeness (QED) is 0.311. The molecule has 0 spiro atoms. The first-order valence-corrected chi connectivity index (χ1v) is 10.9. The van der Waals surface area contributed by atoms with E-state index in [1.54, 1.807) is 18.2 Å². The van der Waals surface area contributed by atoms with Crippen molar-refractivity contribution in [2.45, 2.75) is 20.0 Å². The highest BCUT2D eigenvalue weighted by molar-refractivity contribution is 7.80. The molecule has 0 bridgehead atoms. The van der Waals surface area contributed by atoms with E-state index >= 15 is 0 Å². The largest absolute Gasteiger partial charge is 0.484 e. The van der Waals surface area contributed by atoms with E-state index in [1.807, 2.05) is 19.1 Å². The number of ether oxygens (including phenoxy) is 2. The minimum Gasteiger partial charge on any atom is -0.484 e. The molecule has 1 aromatic heterocycles. The van der Waals surface area contributed by atoms with E-state index in [1.165, 1.54) is 0 Å².